The fourth-order valence-corrected chi connectivity index (χ4v) is 2.14. The third-order valence-corrected chi connectivity index (χ3v) is 3.31. The summed E-state index contributed by atoms with van der Waals surface area (Å²) in [5.41, 5.74) is 6.78. The summed E-state index contributed by atoms with van der Waals surface area (Å²) in [5.74, 6) is -0.167. The van der Waals surface area contributed by atoms with Crippen molar-refractivity contribution in [1.82, 2.24) is 0 Å². The van der Waals surface area contributed by atoms with Gasteiger partial charge in [-0.1, -0.05) is 18.2 Å². The Bertz CT molecular complexity index is 734. The summed E-state index contributed by atoms with van der Waals surface area (Å²) in [6.07, 6.45) is 0. The Morgan fingerprint density at radius 2 is 1.88 bits per heavy atom. The number of amides is 2. The maximum atomic E-state index is 12.1. The number of nitrogens with one attached hydrogen (secondary N) is 2. The Labute approximate surface area is 146 Å². The number of rotatable bonds is 9. The van der Waals surface area contributed by atoms with Crippen molar-refractivity contribution in [2.24, 2.45) is 5.73 Å². The number of ether oxygens (including phenoxy) is 2. The molecule has 0 heterocycles. The Morgan fingerprint density at radius 1 is 1.08 bits per heavy atom. The Kier molecular flexibility index (Phi) is 6.79. The Balaban J connectivity index is 1.90. The fraction of sp³-hybridized carbons (Fsp3) is 0.222. The predicted octanol–water partition coefficient (Wildman–Crippen LogP) is 1.86. The number of hydrogen-bond acceptors (Lipinski definition) is 5. The third-order valence-electron chi connectivity index (χ3n) is 3.31. The molecule has 0 aliphatic heterocycles. The zero-order valence-corrected chi connectivity index (χ0v) is 14.0. The molecule has 25 heavy (non-hydrogen) atoms. The molecule has 2 aromatic carbocycles. The van der Waals surface area contributed by atoms with Crippen molar-refractivity contribution in [1.29, 1.82) is 0 Å². The first-order valence-corrected chi connectivity index (χ1v) is 7.74. The van der Waals surface area contributed by atoms with Gasteiger partial charge in [-0.3, -0.25) is 9.59 Å². The van der Waals surface area contributed by atoms with Crippen molar-refractivity contribution in [3.8, 4) is 5.75 Å². The third kappa shape index (κ3) is 5.82. The number of para-hydroxylation sites is 1. The number of nitrogens with two attached hydrogens (primary N) is 1. The van der Waals surface area contributed by atoms with Gasteiger partial charge in [0.2, 0.25) is 5.91 Å². The molecule has 0 aromatic heterocycles. The van der Waals surface area contributed by atoms with E-state index in [1.54, 1.807) is 55.6 Å². The van der Waals surface area contributed by atoms with Gasteiger partial charge in [-0.25, -0.2) is 0 Å². The summed E-state index contributed by atoms with van der Waals surface area (Å²) in [6.45, 7) is 0.915. The van der Waals surface area contributed by atoms with Gasteiger partial charge in [0.15, 0.2) is 0 Å². The molecule has 0 saturated carbocycles. The highest BCUT2D eigenvalue weighted by molar-refractivity contribution is 6.00. The number of carbonyl (C=O) groups is 2. The predicted molar refractivity (Wildman–Crippen MR) is 95.9 cm³/mol. The first-order chi connectivity index (χ1) is 12.1. The van der Waals surface area contributed by atoms with E-state index in [-0.39, 0.29) is 12.5 Å². The summed E-state index contributed by atoms with van der Waals surface area (Å²) < 4.78 is 10.4. The molecular formula is C18H21N3O4. The van der Waals surface area contributed by atoms with Crippen molar-refractivity contribution < 1.29 is 19.1 Å². The second kappa shape index (κ2) is 9.29. The smallest absolute Gasteiger partial charge is 0.250 e. The molecule has 0 aliphatic carbocycles. The van der Waals surface area contributed by atoms with Crippen molar-refractivity contribution >= 4 is 23.2 Å². The van der Waals surface area contributed by atoms with Crippen LogP contribution in [0.2, 0.25) is 0 Å². The molecule has 7 nitrogen and oxygen atoms in total. The number of primary amides is 1. The molecule has 7 heteroatoms. The largest absolute Gasteiger partial charge is 0.491 e. The summed E-state index contributed by atoms with van der Waals surface area (Å²) in [7, 11) is 1.60. The monoisotopic (exact) mass is 343 g/mol. The molecule has 2 rings (SSSR count). The molecule has 0 fully saturated rings. The van der Waals surface area contributed by atoms with Gasteiger partial charge in [0.1, 0.15) is 12.4 Å². The first kappa shape index (κ1) is 18.3. The number of hydrogen-bond donors (Lipinski definition) is 3. The van der Waals surface area contributed by atoms with Crippen LogP contribution < -0.4 is 21.1 Å². The fourth-order valence-electron chi connectivity index (χ4n) is 2.14. The SMILES string of the molecule is COCCOc1cccc(NC(=O)CNc2ccccc2C(N)=O)c1. The molecule has 0 saturated heterocycles. The zero-order chi connectivity index (χ0) is 18.1. The van der Waals surface area contributed by atoms with E-state index in [9.17, 15) is 9.59 Å². The van der Waals surface area contributed by atoms with Crippen LogP contribution in [-0.4, -0.2) is 38.7 Å². The van der Waals surface area contributed by atoms with Crippen molar-refractivity contribution in [3.63, 3.8) is 0 Å². The molecule has 0 radical (unpaired) electrons. The van der Waals surface area contributed by atoms with Crippen LogP contribution in [-0.2, 0) is 9.53 Å². The van der Waals surface area contributed by atoms with Gasteiger partial charge < -0.3 is 25.8 Å². The van der Waals surface area contributed by atoms with Crippen LogP contribution in [0.3, 0.4) is 0 Å². The van der Waals surface area contributed by atoms with Crippen LogP contribution >= 0.6 is 0 Å². The maximum absolute atomic E-state index is 12.1. The van der Waals surface area contributed by atoms with Crippen molar-refractivity contribution in [2.45, 2.75) is 0 Å². The first-order valence-electron chi connectivity index (χ1n) is 7.74. The van der Waals surface area contributed by atoms with E-state index in [4.69, 9.17) is 15.2 Å². The van der Waals surface area contributed by atoms with Crippen LogP contribution in [0.4, 0.5) is 11.4 Å². The van der Waals surface area contributed by atoms with E-state index in [0.29, 0.717) is 35.9 Å². The second-order valence-corrected chi connectivity index (χ2v) is 5.18. The normalized spacial score (nSPS) is 10.1. The molecule has 0 atom stereocenters. The van der Waals surface area contributed by atoms with Gasteiger partial charge in [0.05, 0.1) is 18.7 Å². The minimum atomic E-state index is -0.551. The van der Waals surface area contributed by atoms with Crippen LogP contribution in [0.5, 0.6) is 5.75 Å². The van der Waals surface area contributed by atoms with Gasteiger partial charge in [-0.05, 0) is 24.3 Å². The highest BCUT2D eigenvalue weighted by atomic mass is 16.5. The molecular weight excluding hydrogens is 322 g/mol. The molecule has 0 spiro atoms. The van der Waals surface area contributed by atoms with Crippen LogP contribution in [0.1, 0.15) is 10.4 Å². The summed E-state index contributed by atoms with van der Waals surface area (Å²) in [4.78, 5) is 23.4. The van der Waals surface area contributed by atoms with E-state index in [1.807, 2.05) is 0 Å². The van der Waals surface area contributed by atoms with Crippen molar-refractivity contribution in [2.75, 3.05) is 37.5 Å². The molecule has 2 amide bonds. The van der Waals surface area contributed by atoms with E-state index < -0.39 is 5.91 Å². The van der Waals surface area contributed by atoms with Gasteiger partial charge in [0, 0.05) is 24.6 Å². The van der Waals surface area contributed by atoms with Gasteiger partial charge in [0.25, 0.3) is 5.91 Å². The van der Waals surface area contributed by atoms with E-state index in [1.165, 1.54) is 0 Å². The average molecular weight is 343 g/mol. The standard InChI is InChI=1S/C18H21N3O4/c1-24-9-10-25-14-6-4-5-13(11-14)21-17(22)12-20-16-8-3-2-7-15(16)18(19)23/h2-8,11,20H,9-10,12H2,1H3,(H2,19,23)(H,21,22). The number of anilines is 2. The van der Waals surface area contributed by atoms with E-state index in [2.05, 4.69) is 10.6 Å². The zero-order valence-electron chi connectivity index (χ0n) is 14.0. The lowest BCUT2D eigenvalue weighted by atomic mass is 10.1. The van der Waals surface area contributed by atoms with Crippen LogP contribution in [0.15, 0.2) is 48.5 Å². The molecule has 4 N–H and O–H groups in total. The topological polar surface area (TPSA) is 103 Å². The van der Waals surface area contributed by atoms with Crippen molar-refractivity contribution in [3.05, 3.63) is 54.1 Å². The number of benzene rings is 2. The molecule has 0 bridgehead atoms. The average Bonchev–Trinajstić information content (AvgIpc) is 2.61. The molecule has 0 unspecified atom stereocenters. The lowest BCUT2D eigenvalue weighted by Crippen LogP contribution is -2.23. The highest BCUT2D eigenvalue weighted by Crippen LogP contribution is 2.18. The summed E-state index contributed by atoms with van der Waals surface area (Å²) >= 11 is 0. The van der Waals surface area contributed by atoms with Gasteiger partial charge in [-0.15, -0.1) is 0 Å². The lowest BCUT2D eigenvalue weighted by molar-refractivity contribution is -0.114. The minimum absolute atomic E-state index is 0.000940. The summed E-state index contributed by atoms with van der Waals surface area (Å²) in [6, 6.07) is 13.8. The lowest BCUT2D eigenvalue weighted by Gasteiger charge is -2.11. The minimum Gasteiger partial charge on any atom is -0.491 e. The Morgan fingerprint density at radius 3 is 2.64 bits per heavy atom. The molecule has 0 aliphatic rings. The highest BCUT2D eigenvalue weighted by Gasteiger charge is 2.09. The number of carbonyl (C=O) groups excluding carboxylic acids is 2. The maximum Gasteiger partial charge on any atom is 0.250 e. The van der Waals surface area contributed by atoms with Gasteiger partial charge >= 0.3 is 0 Å². The molecule has 132 valence electrons. The summed E-state index contributed by atoms with van der Waals surface area (Å²) in [5, 5.41) is 5.67. The molecule has 2 aromatic rings. The van der Waals surface area contributed by atoms with Crippen LogP contribution in [0.25, 0.3) is 0 Å². The van der Waals surface area contributed by atoms with E-state index >= 15 is 0 Å². The van der Waals surface area contributed by atoms with Crippen LogP contribution in [0, 0.1) is 0 Å². The quantitative estimate of drug-likeness (QED) is 0.603. The van der Waals surface area contributed by atoms with Gasteiger partial charge in [-0.2, -0.15) is 0 Å². The number of methoxy groups -OCH3 is 1. The second-order valence-electron chi connectivity index (χ2n) is 5.18. The van der Waals surface area contributed by atoms with E-state index in [0.717, 1.165) is 0 Å². The Hall–Kier alpha value is -3.06.